The molecule has 0 unspecified atom stereocenters. The zero-order valence-electron chi connectivity index (χ0n) is 20.1. The fourth-order valence-corrected chi connectivity index (χ4v) is 4.76. The van der Waals surface area contributed by atoms with Gasteiger partial charge in [0.15, 0.2) is 11.0 Å². The van der Waals surface area contributed by atoms with Crippen molar-refractivity contribution in [3.8, 4) is 28.6 Å². The Labute approximate surface area is 232 Å². The second kappa shape index (κ2) is 12.4. The quantitative estimate of drug-likeness (QED) is 0.118. The average molecular weight is 584 g/mol. The highest BCUT2D eigenvalue weighted by Gasteiger charge is 2.17. The van der Waals surface area contributed by atoms with Crippen molar-refractivity contribution in [1.29, 1.82) is 0 Å². The Balaban J connectivity index is 1.24. The van der Waals surface area contributed by atoms with Gasteiger partial charge in [0.1, 0.15) is 11.5 Å². The van der Waals surface area contributed by atoms with Crippen LogP contribution in [-0.2, 0) is 4.79 Å². The van der Waals surface area contributed by atoms with E-state index in [9.17, 15) is 4.79 Å². The van der Waals surface area contributed by atoms with Crippen molar-refractivity contribution in [2.75, 3.05) is 5.75 Å². The van der Waals surface area contributed by atoms with Gasteiger partial charge in [-0.2, -0.15) is 5.10 Å². The number of aromatic nitrogens is 3. The number of benzene rings is 4. The number of rotatable bonds is 9. The first-order chi connectivity index (χ1) is 18.7. The van der Waals surface area contributed by atoms with Crippen molar-refractivity contribution in [2.45, 2.75) is 5.16 Å². The molecule has 0 atom stereocenters. The number of hydrazone groups is 1. The number of hydrogen-bond donors (Lipinski definition) is 1. The Morgan fingerprint density at radius 2 is 1.63 bits per heavy atom. The van der Waals surface area contributed by atoms with Crippen LogP contribution >= 0.6 is 27.7 Å². The summed E-state index contributed by atoms with van der Waals surface area (Å²) in [5, 5.41) is 13.5. The van der Waals surface area contributed by atoms with E-state index < -0.39 is 0 Å². The van der Waals surface area contributed by atoms with Crippen LogP contribution in [0.3, 0.4) is 0 Å². The summed E-state index contributed by atoms with van der Waals surface area (Å²) in [6.45, 7) is 0. The molecule has 0 bridgehead atoms. The summed E-state index contributed by atoms with van der Waals surface area (Å²) < 4.78 is 8.74. The summed E-state index contributed by atoms with van der Waals surface area (Å²) in [7, 11) is 0. The van der Waals surface area contributed by atoms with Crippen LogP contribution < -0.4 is 10.2 Å². The Morgan fingerprint density at radius 1 is 0.895 bits per heavy atom. The highest BCUT2D eigenvalue weighted by molar-refractivity contribution is 9.10. The summed E-state index contributed by atoms with van der Waals surface area (Å²) in [6, 6.07) is 34.7. The number of carbonyl (C=O) groups excluding carboxylic acids is 1. The lowest BCUT2D eigenvalue weighted by Crippen LogP contribution is -2.20. The molecule has 0 saturated carbocycles. The molecular formula is C29H22BrN5O2S. The number of carbonyl (C=O) groups is 1. The lowest BCUT2D eigenvalue weighted by atomic mass is 10.2. The molecular weight excluding hydrogens is 562 g/mol. The first-order valence-corrected chi connectivity index (χ1v) is 13.5. The second-order valence-electron chi connectivity index (χ2n) is 8.06. The van der Waals surface area contributed by atoms with Crippen molar-refractivity contribution >= 4 is 39.8 Å². The maximum absolute atomic E-state index is 12.5. The summed E-state index contributed by atoms with van der Waals surface area (Å²) >= 11 is 4.81. The minimum atomic E-state index is -0.255. The summed E-state index contributed by atoms with van der Waals surface area (Å²) in [4.78, 5) is 12.5. The molecule has 1 amide bonds. The molecule has 0 saturated heterocycles. The van der Waals surface area contributed by atoms with E-state index >= 15 is 0 Å². The largest absolute Gasteiger partial charge is 0.457 e. The molecule has 0 aliphatic carbocycles. The third-order valence-corrected chi connectivity index (χ3v) is 6.73. The van der Waals surface area contributed by atoms with E-state index in [-0.39, 0.29) is 11.7 Å². The minimum Gasteiger partial charge on any atom is -0.457 e. The zero-order chi connectivity index (χ0) is 26.2. The molecule has 5 aromatic rings. The van der Waals surface area contributed by atoms with Gasteiger partial charge in [0.2, 0.25) is 0 Å². The van der Waals surface area contributed by atoms with Gasteiger partial charge in [-0.3, -0.25) is 9.36 Å². The lowest BCUT2D eigenvalue weighted by molar-refractivity contribution is -0.118. The van der Waals surface area contributed by atoms with E-state index in [1.807, 2.05) is 114 Å². The van der Waals surface area contributed by atoms with E-state index in [2.05, 4.69) is 36.7 Å². The molecule has 1 N–H and O–H groups in total. The van der Waals surface area contributed by atoms with E-state index in [0.717, 1.165) is 27.0 Å². The van der Waals surface area contributed by atoms with E-state index in [1.165, 1.54) is 11.8 Å². The molecule has 7 nitrogen and oxygen atoms in total. The Hall–Kier alpha value is -4.21. The van der Waals surface area contributed by atoms with Crippen molar-refractivity contribution in [3.05, 3.63) is 119 Å². The maximum atomic E-state index is 12.5. The summed E-state index contributed by atoms with van der Waals surface area (Å²) in [6.07, 6.45) is 1.58. The molecule has 1 aromatic heterocycles. The molecule has 0 radical (unpaired) electrons. The fraction of sp³-hybridized carbons (Fsp3) is 0.0345. The molecule has 188 valence electrons. The van der Waals surface area contributed by atoms with Gasteiger partial charge in [-0.25, -0.2) is 5.43 Å². The molecule has 0 fully saturated rings. The number of hydrogen-bond acceptors (Lipinski definition) is 6. The van der Waals surface area contributed by atoms with Crippen molar-refractivity contribution in [3.63, 3.8) is 0 Å². The summed E-state index contributed by atoms with van der Waals surface area (Å²) in [5.74, 6) is 1.99. The number of nitrogens with one attached hydrogen (secondary N) is 1. The van der Waals surface area contributed by atoms with E-state index in [4.69, 9.17) is 4.74 Å². The van der Waals surface area contributed by atoms with Crippen LogP contribution in [0.15, 0.2) is 124 Å². The Morgan fingerprint density at radius 3 is 2.42 bits per heavy atom. The van der Waals surface area contributed by atoms with E-state index in [0.29, 0.717) is 16.7 Å². The monoisotopic (exact) mass is 583 g/mol. The van der Waals surface area contributed by atoms with Crippen LogP contribution in [-0.4, -0.2) is 32.6 Å². The SMILES string of the molecule is O=C(CSc1nnc(-c2cccc(Br)c2)n1-c1ccccc1)NN=Cc1cccc(Oc2ccccc2)c1. The standard InChI is InChI=1S/C29H22BrN5O2S/c30-23-11-8-10-22(18-23)28-33-34-29(35(28)24-12-3-1-4-13-24)38-20-27(36)32-31-19-21-9-7-16-26(17-21)37-25-14-5-2-6-15-25/h1-19H,20H2,(H,32,36). The van der Waals surface area contributed by atoms with Gasteiger partial charge in [0, 0.05) is 15.7 Å². The molecule has 0 aliphatic rings. The number of nitrogens with zero attached hydrogens (tertiary/aromatic N) is 4. The van der Waals surface area contributed by atoms with Crippen LogP contribution in [0.1, 0.15) is 5.56 Å². The maximum Gasteiger partial charge on any atom is 0.250 e. The van der Waals surface area contributed by atoms with Gasteiger partial charge in [-0.15, -0.1) is 10.2 Å². The van der Waals surface area contributed by atoms with Crippen molar-refractivity contribution < 1.29 is 9.53 Å². The lowest BCUT2D eigenvalue weighted by Gasteiger charge is -2.10. The van der Waals surface area contributed by atoms with Crippen molar-refractivity contribution in [1.82, 2.24) is 20.2 Å². The van der Waals surface area contributed by atoms with Gasteiger partial charge in [-0.05, 0) is 54.1 Å². The van der Waals surface area contributed by atoms with Gasteiger partial charge >= 0.3 is 0 Å². The van der Waals surface area contributed by atoms with E-state index in [1.54, 1.807) is 6.21 Å². The van der Waals surface area contributed by atoms with Crippen LogP contribution in [0.25, 0.3) is 17.1 Å². The predicted octanol–water partition coefficient (Wildman–Crippen LogP) is 6.73. The second-order valence-corrected chi connectivity index (χ2v) is 9.92. The van der Waals surface area contributed by atoms with Crippen LogP contribution in [0, 0.1) is 0 Å². The zero-order valence-corrected chi connectivity index (χ0v) is 22.5. The molecule has 1 heterocycles. The number of halogens is 1. The van der Waals surface area contributed by atoms with Crippen molar-refractivity contribution in [2.24, 2.45) is 5.10 Å². The number of ether oxygens (including phenoxy) is 1. The predicted molar refractivity (Wildman–Crippen MR) is 154 cm³/mol. The first-order valence-electron chi connectivity index (χ1n) is 11.7. The number of amides is 1. The van der Waals surface area contributed by atoms with Crippen LogP contribution in [0.5, 0.6) is 11.5 Å². The molecule has 9 heteroatoms. The van der Waals surface area contributed by atoms with Gasteiger partial charge in [-0.1, -0.05) is 88.4 Å². The highest BCUT2D eigenvalue weighted by atomic mass is 79.9. The number of para-hydroxylation sites is 2. The summed E-state index contributed by atoms with van der Waals surface area (Å²) in [5.41, 5.74) is 5.20. The van der Waals surface area contributed by atoms with Crippen LogP contribution in [0.2, 0.25) is 0 Å². The Bertz CT molecular complexity index is 1560. The minimum absolute atomic E-state index is 0.123. The third kappa shape index (κ3) is 6.56. The molecule has 0 spiro atoms. The molecule has 38 heavy (non-hydrogen) atoms. The van der Waals surface area contributed by atoms with Crippen LogP contribution in [0.4, 0.5) is 0 Å². The fourth-order valence-electron chi connectivity index (χ4n) is 3.61. The van der Waals surface area contributed by atoms with Gasteiger partial charge in [0.05, 0.1) is 12.0 Å². The molecule has 5 rings (SSSR count). The molecule has 0 aliphatic heterocycles. The average Bonchev–Trinajstić information content (AvgIpc) is 3.37. The smallest absolute Gasteiger partial charge is 0.250 e. The third-order valence-electron chi connectivity index (χ3n) is 5.30. The normalized spacial score (nSPS) is 11.0. The number of thioether (sulfide) groups is 1. The topological polar surface area (TPSA) is 81.4 Å². The highest BCUT2D eigenvalue weighted by Crippen LogP contribution is 2.29. The molecule has 4 aromatic carbocycles. The van der Waals surface area contributed by atoms with Gasteiger partial charge in [0.25, 0.3) is 5.91 Å². The van der Waals surface area contributed by atoms with Gasteiger partial charge < -0.3 is 4.74 Å². The first kappa shape index (κ1) is 25.4. The Kier molecular flexibility index (Phi) is 8.27.